The second-order valence-electron chi connectivity index (χ2n) is 4.13. The van der Waals surface area contributed by atoms with E-state index >= 15 is 0 Å². The van der Waals surface area contributed by atoms with Gasteiger partial charge in [-0.15, -0.1) is 12.4 Å². The average Bonchev–Trinajstić information content (AvgIpc) is 2.80. The highest BCUT2D eigenvalue weighted by molar-refractivity contribution is 6.34. The molecule has 1 atom stereocenters. The number of nitrogens with two attached hydrogens (primary N) is 1. The summed E-state index contributed by atoms with van der Waals surface area (Å²) in [6, 6.07) is 4.31. The Morgan fingerprint density at radius 3 is 2.94 bits per heavy atom. The number of benzene rings is 1. The minimum atomic E-state index is -0.569. The van der Waals surface area contributed by atoms with E-state index in [-0.39, 0.29) is 34.9 Å². The zero-order chi connectivity index (χ0) is 12.4. The van der Waals surface area contributed by atoms with Gasteiger partial charge in [-0.3, -0.25) is 4.79 Å². The van der Waals surface area contributed by atoms with Crippen LogP contribution >= 0.6 is 24.0 Å². The van der Waals surface area contributed by atoms with E-state index in [0.29, 0.717) is 13.1 Å². The summed E-state index contributed by atoms with van der Waals surface area (Å²) in [6.45, 7) is 1.09. The normalized spacial score (nSPS) is 18.6. The Morgan fingerprint density at radius 1 is 1.56 bits per heavy atom. The molecule has 6 heteroatoms. The highest BCUT2D eigenvalue weighted by atomic mass is 35.5. The van der Waals surface area contributed by atoms with E-state index in [2.05, 4.69) is 0 Å². The third kappa shape index (κ3) is 2.76. The molecular weight excluding hydrogens is 278 g/mol. The first-order valence-corrected chi connectivity index (χ1v) is 5.98. The fourth-order valence-corrected chi connectivity index (χ4v) is 2.38. The van der Waals surface area contributed by atoms with E-state index in [1.165, 1.54) is 12.1 Å². The van der Waals surface area contributed by atoms with Gasteiger partial charge in [-0.05, 0) is 25.0 Å². The predicted molar refractivity (Wildman–Crippen MR) is 71.8 cm³/mol. The summed E-state index contributed by atoms with van der Waals surface area (Å²) in [5.41, 5.74) is 5.82. The van der Waals surface area contributed by atoms with E-state index < -0.39 is 5.82 Å². The van der Waals surface area contributed by atoms with E-state index in [4.69, 9.17) is 17.3 Å². The molecule has 18 heavy (non-hydrogen) atoms. The van der Waals surface area contributed by atoms with Gasteiger partial charge in [0.25, 0.3) is 5.91 Å². The standard InChI is InChI=1S/C12H14ClFN2O.ClH/c13-11-9(4-1-5-10(11)14)12(17)16-6-2-3-8(16)7-15;/h1,4-5,8H,2-3,6-7,15H2;1H. The van der Waals surface area contributed by atoms with Crippen LogP contribution in [0.5, 0.6) is 0 Å². The maximum absolute atomic E-state index is 13.3. The molecule has 1 heterocycles. The van der Waals surface area contributed by atoms with Gasteiger partial charge >= 0.3 is 0 Å². The summed E-state index contributed by atoms with van der Waals surface area (Å²) < 4.78 is 13.3. The summed E-state index contributed by atoms with van der Waals surface area (Å²) in [7, 11) is 0. The Bertz CT molecular complexity index is 442. The lowest BCUT2D eigenvalue weighted by molar-refractivity contribution is 0.0741. The van der Waals surface area contributed by atoms with Crippen molar-refractivity contribution in [1.82, 2.24) is 4.90 Å². The summed E-state index contributed by atoms with van der Waals surface area (Å²) in [5, 5.41) is -0.111. The van der Waals surface area contributed by atoms with Crippen LogP contribution in [-0.4, -0.2) is 29.9 Å². The van der Waals surface area contributed by atoms with Crippen LogP contribution in [0.15, 0.2) is 18.2 Å². The van der Waals surface area contributed by atoms with E-state index in [1.807, 2.05) is 0 Å². The first kappa shape index (κ1) is 15.2. The topological polar surface area (TPSA) is 46.3 Å². The molecule has 3 nitrogen and oxygen atoms in total. The molecule has 0 aliphatic carbocycles. The maximum atomic E-state index is 13.3. The molecule has 2 rings (SSSR count). The summed E-state index contributed by atoms with van der Waals surface area (Å²) in [4.78, 5) is 13.9. The zero-order valence-corrected chi connectivity index (χ0v) is 11.3. The van der Waals surface area contributed by atoms with Gasteiger partial charge in [0, 0.05) is 19.1 Å². The molecule has 1 aliphatic heterocycles. The van der Waals surface area contributed by atoms with Gasteiger partial charge in [0.05, 0.1) is 10.6 Å². The number of carbonyl (C=O) groups excluding carboxylic acids is 1. The quantitative estimate of drug-likeness (QED) is 0.910. The Balaban J connectivity index is 0.00000162. The average molecular weight is 293 g/mol. The van der Waals surface area contributed by atoms with Gasteiger partial charge in [0.15, 0.2) is 0 Å². The van der Waals surface area contributed by atoms with Crippen molar-refractivity contribution in [2.24, 2.45) is 5.73 Å². The van der Waals surface area contributed by atoms with Crippen molar-refractivity contribution in [2.75, 3.05) is 13.1 Å². The molecule has 100 valence electrons. The first-order valence-electron chi connectivity index (χ1n) is 5.60. The van der Waals surface area contributed by atoms with Gasteiger partial charge in [0.2, 0.25) is 0 Å². The SMILES string of the molecule is Cl.NCC1CCCN1C(=O)c1cccc(F)c1Cl. The lowest BCUT2D eigenvalue weighted by atomic mass is 10.1. The van der Waals surface area contributed by atoms with Crippen molar-refractivity contribution in [1.29, 1.82) is 0 Å². The number of hydrogen-bond acceptors (Lipinski definition) is 2. The second kappa shape index (κ2) is 6.36. The van der Waals surface area contributed by atoms with E-state index in [9.17, 15) is 9.18 Å². The summed E-state index contributed by atoms with van der Waals surface area (Å²) in [6.07, 6.45) is 1.83. The van der Waals surface area contributed by atoms with Crippen LogP contribution in [0.25, 0.3) is 0 Å². The van der Waals surface area contributed by atoms with E-state index in [0.717, 1.165) is 12.8 Å². The summed E-state index contributed by atoms with van der Waals surface area (Å²) >= 11 is 5.80. The van der Waals surface area contributed by atoms with Crippen molar-refractivity contribution < 1.29 is 9.18 Å². The maximum Gasteiger partial charge on any atom is 0.255 e. The molecular formula is C12H15Cl2FN2O. The Hall–Kier alpha value is -0.840. The Kier molecular flexibility index (Phi) is 5.38. The molecule has 0 saturated carbocycles. The third-order valence-corrected chi connectivity index (χ3v) is 3.48. The van der Waals surface area contributed by atoms with Crippen molar-refractivity contribution in [3.63, 3.8) is 0 Å². The summed E-state index contributed by atoms with van der Waals surface area (Å²) in [5.74, 6) is -0.802. The van der Waals surface area contributed by atoms with Crippen LogP contribution in [0.2, 0.25) is 5.02 Å². The highest BCUT2D eigenvalue weighted by Gasteiger charge is 2.29. The van der Waals surface area contributed by atoms with Gasteiger partial charge in [0.1, 0.15) is 5.82 Å². The van der Waals surface area contributed by atoms with Crippen LogP contribution in [-0.2, 0) is 0 Å². The number of nitrogens with zero attached hydrogens (tertiary/aromatic N) is 1. The number of likely N-dealkylation sites (tertiary alicyclic amines) is 1. The fraction of sp³-hybridized carbons (Fsp3) is 0.417. The molecule has 0 radical (unpaired) electrons. The number of amides is 1. The molecule has 1 amide bonds. The van der Waals surface area contributed by atoms with Crippen LogP contribution in [0, 0.1) is 5.82 Å². The Morgan fingerprint density at radius 2 is 2.28 bits per heavy atom. The molecule has 1 unspecified atom stereocenters. The van der Waals surface area contributed by atoms with Gasteiger partial charge in [-0.2, -0.15) is 0 Å². The zero-order valence-electron chi connectivity index (χ0n) is 9.73. The molecule has 1 aliphatic rings. The molecule has 0 aromatic heterocycles. The molecule has 1 saturated heterocycles. The van der Waals surface area contributed by atoms with E-state index in [1.54, 1.807) is 11.0 Å². The number of rotatable bonds is 2. The number of carbonyl (C=O) groups is 1. The second-order valence-corrected chi connectivity index (χ2v) is 4.51. The fourth-order valence-electron chi connectivity index (χ4n) is 2.17. The van der Waals surface area contributed by atoms with Gasteiger partial charge in [-0.25, -0.2) is 4.39 Å². The van der Waals surface area contributed by atoms with Gasteiger partial charge in [-0.1, -0.05) is 17.7 Å². The Labute approximate surface area is 116 Å². The van der Waals surface area contributed by atoms with Crippen LogP contribution in [0.3, 0.4) is 0 Å². The molecule has 1 aromatic carbocycles. The van der Waals surface area contributed by atoms with Crippen molar-refractivity contribution >= 4 is 29.9 Å². The van der Waals surface area contributed by atoms with Crippen LogP contribution in [0.1, 0.15) is 23.2 Å². The lowest BCUT2D eigenvalue weighted by Crippen LogP contribution is -2.40. The number of hydrogen-bond donors (Lipinski definition) is 1. The van der Waals surface area contributed by atoms with Crippen LogP contribution < -0.4 is 5.73 Å². The monoisotopic (exact) mass is 292 g/mol. The molecule has 2 N–H and O–H groups in total. The minimum Gasteiger partial charge on any atom is -0.334 e. The molecule has 1 fully saturated rings. The third-order valence-electron chi connectivity index (χ3n) is 3.09. The highest BCUT2D eigenvalue weighted by Crippen LogP contribution is 2.25. The largest absolute Gasteiger partial charge is 0.334 e. The van der Waals surface area contributed by atoms with Crippen molar-refractivity contribution in [3.05, 3.63) is 34.6 Å². The van der Waals surface area contributed by atoms with Crippen molar-refractivity contribution in [3.8, 4) is 0 Å². The minimum absolute atomic E-state index is 0. The predicted octanol–water partition coefficient (Wildman–Crippen LogP) is 2.46. The number of halogens is 3. The smallest absolute Gasteiger partial charge is 0.255 e. The lowest BCUT2D eigenvalue weighted by Gasteiger charge is -2.23. The van der Waals surface area contributed by atoms with Crippen molar-refractivity contribution in [2.45, 2.75) is 18.9 Å². The van der Waals surface area contributed by atoms with Gasteiger partial charge < -0.3 is 10.6 Å². The molecule has 1 aromatic rings. The molecule has 0 bridgehead atoms. The van der Waals surface area contributed by atoms with Crippen LogP contribution in [0.4, 0.5) is 4.39 Å². The molecule has 0 spiro atoms. The first-order chi connectivity index (χ1) is 8.15.